The van der Waals surface area contributed by atoms with Crippen molar-refractivity contribution in [2.75, 3.05) is 0 Å². The summed E-state index contributed by atoms with van der Waals surface area (Å²) in [5, 5.41) is 5.76. The van der Waals surface area contributed by atoms with E-state index in [1.54, 1.807) is 11.3 Å². The number of rotatable bonds is 4. The molecule has 2 atom stereocenters. The Kier molecular flexibility index (Phi) is 3.66. The molecule has 0 aliphatic heterocycles. The fourth-order valence-corrected chi connectivity index (χ4v) is 3.68. The van der Waals surface area contributed by atoms with Crippen LogP contribution in [0.3, 0.4) is 0 Å². The highest BCUT2D eigenvalue weighted by Crippen LogP contribution is 2.26. The lowest BCUT2D eigenvalue weighted by molar-refractivity contribution is 0.278. The molecule has 0 aromatic carbocycles. The normalized spacial score (nSPS) is 24.7. The molecular formula is C14H21N3S. The summed E-state index contributed by atoms with van der Waals surface area (Å²) in [6.45, 7) is 3.23. The van der Waals surface area contributed by atoms with Crippen molar-refractivity contribution in [3.05, 3.63) is 23.5 Å². The molecule has 2 heterocycles. The van der Waals surface area contributed by atoms with E-state index in [1.807, 2.05) is 0 Å². The second kappa shape index (κ2) is 5.41. The summed E-state index contributed by atoms with van der Waals surface area (Å²) in [5.41, 5.74) is 1.17. The Balaban J connectivity index is 1.55. The van der Waals surface area contributed by atoms with E-state index in [0.717, 1.165) is 17.4 Å². The molecule has 0 radical (unpaired) electrons. The molecule has 1 aliphatic carbocycles. The zero-order chi connectivity index (χ0) is 12.4. The van der Waals surface area contributed by atoms with Crippen molar-refractivity contribution in [1.29, 1.82) is 0 Å². The summed E-state index contributed by atoms with van der Waals surface area (Å²) < 4.78 is 2.11. The number of imidazole rings is 1. The van der Waals surface area contributed by atoms with Gasteiger partial charge >= 0.3 is 0 Å². The summed E-state index contributed by atoms with van der Waals surface area (Å²) in [4.78, 5) is 5.71. The first-order valence-corrected chi connectivity index (χ1v) is 7.87. The maximum atomic E-state index is 4.62. The van der Waals surface area contributed by atoms with Gasteiger partial charge in [0, 0.05) is 30.4 Å². The second-order valence-electron chi connectivity index (χ2n) is 5.34. The van der Waals surface area contributed by atoms with Gasteiger partial charge in [0.15, 0.2) is 4.96 Å². The van der Waals surface area contributed by atoms with Gasteiger partial charge in [0.25, 0.3) is 0 Å². The number of thiazole rings is 1. The van der Waals surface area contributed by atoms with Crippen LogP contribution in [0.15, 0.2) is 17.8 Å². The molecule has 18 heavy (non-hydrogen) atoms. The highest BCUT2D eigenvalue weighted by atomic mass is 32.1. The van der Waals surface area contributed by atoms with Gasteiger partial charge in [-0.05, 0) is 18.8 Å². The van der Waals surface area contributed by atoms with Crippen LogP contribution in [-0.2, 0) is 6.54 Å². The molecule has 2 unspecified atom stereocenters. The van der Waals surface area contributed by atoms with Crippen molar-refractivity contribution in [2.45, 2.75) is 51.6 Å². The predicted molar refractivity (Wildman–Crippen MR) is 75.9 cm³/mol. The topological polar surface area (TPSA) is 29.3 Å². The van der Waals surface area contributed by atoms with Gasteiger partial charge in [-0.15, -0.1) is 11.3 Å². The van der Waals surface area contributed by atoms with Crippen molar-refractivity contribution >= 4 is 16.3 Å². The van der Waals surface area contributed by atoms with E-state index in [4.69, 9.17) is 0 Å². The van der Waals surface area contributed by atoms with Crippen LogP contribution in [0.1, 0.15) is 44.7 Å². The Hall–Kier alpha value is -0.870. The molecule has 2 aromatic heterocycles. The molecular weight excluding hydrogens is 242 g/mol. The number of aromatic nitrogens is 2. The lowest BCUT2D eigenvalue weighted by atomic mass is 9.84. The van der Waals surface area contributed by atoms with Crippen LogP contribution in [0, 0.1) is 5.92 Å². The molecule has 98 valence electrons. The molecule has 1 N–H and O–H groups in total. The van der Waals surface area contributed by atoms with Crippen LogP contribution in [0.2, 0.25) is 0 Å². The van der Waals surface area contributed by atoms with Crippen LogP contribution in [-0.4, -0.2) is 15.4 Å². The molecule has 0 amide bonds. The Morgan fingerprint density at radius 1 is 1.50 bits per heavy atom. The Morgan fingerprint density at radius 2 is 2.44 bits per heavy atom. The van der Waals surface area contributed by atoms with Gasteiger partial charge in [0.1, 0.15) is 0 Å². The van der Waals surface area contributed by atoms with Gasteiger partial charge in [0.2, 0.25) is 0 Å². The number of hydrogen-bond donors (Lipinski definition) is 1. The highest BCUT2D eigenvalue weighted by Gasteiger charge is 2.20. The number of hydrogen-bond acceptors (Lipinski definition) is 3. The minimum absolute atomic E-state index is 0.698. The Bertz CT molecular complexity index is 473. The zero-order valence-electron chi connectivity index (χ0n) is 10.9. The van der Waals surface area contributed by atoms with E-state index in [-0.39, 0.29) is 0 Å². The third-order valence-corrected chi connectivity index (χ3v) is 4.85. The molecule has 0 spiro atoms. The molecule has 2 aromatic rings. The fraction of sp³-hybridized carbons (Fsp3) is 0.643. The Morgan fingerprint density at radius 3 is 3.28 bits per heavy atom. The van der Waals surface area contributed by atoms with Crippen molar-refractivity contribution < 1.29 is 0 Å². The highest BCUT2D eigenvalue weighted by molar-refractivity contribution is 7.15. The van der Waals surface area contributed by atoms with Gasteiger partial charge in [-0.1, -0.05) is 26.2 Å². The molecule has 1 saturated carbocycles. The lowest BCUT2D eigenvalue weighted by Crippen LogP contribution is -2.33. The van der Waals surface area contributed by atoms with Crippen LogP contribution < -0.4 is 5.32 Å². The molecule has 3 nitrogen and oxygen atoms in total. The molecule has 0 saturated heterocycles. The lowest BCUT2D eigenvalue weighted by Gasteiger charge is -2.29. The first-order chi connectivity index (χ1) is 8.85. The summed E-state index contributed by atoms with van der Waals surface area (Å²) in [7, 11) is 0. The first kappa shape index (κ1) is 12.2. The van der Waals surface area contributed by atoms with Crippen LogP contribution in [0.25, 0.3) is 4.96 Å². The minimum Gasteiger partial charge on any atom is -0.308 e. The largest absolute Gasteiger partial charge is 0.308 e. The molecule has 4 heteroatoms. The predicted octanol–water partition coefficient (Wildman–Crippen LogP) is 3.45. The summed E-state index contributed by atoms with van der Waals surface area (Å²) in [6.07, 6.45) is 11.0. The fourth-order valence-electron chi connectivity index (χ4n) is 2.96. The van der Waals surface area contributed by atoms with Crippen molar-refractivity contribution in [2.24, 2.45) is 5.92 Å². The maximum Gasteiger partial charge on any atom is 0.193 e. The zero-order valence-corrected chi connectivity index (χ0v) is 11.7. The second-order valence-corrected chi connectivity index (χ2v) is 6.22. The average Bonchev–Trinajstić information content (AvgIpc) is 2.97. The number of nitrogens with zero attached hydrogens (tertiary/aromatic N) is 2. The van der Waals surface area contributed by atoms with Gasteiger partial charge in [-0.25, -0.2) is 4.98 Å². The minimum atomic E-state index is 0.698. The van der Waals surface area contributed by atoms with Gasteiger partial charge in [-0.2, -0.15) is 0 Å². The van der Waals surface area contributed by atoms with Crippen LogP contribution in [0.4, 0.5) is 0 Å². The van der Waals surface area contributed by atoms with E-state index in [2.05, 4.69) is 39.4 Å². The van der Waals surface area contributed by atoms with E-state index < -0.39 is 0 Å². The van der Waals surface area contributed by atoms with Crippen molar-refractivity contribution in [3.63, 3.8) is 0 Å². The smallest absolute Gasteiger partial charge is 0.193 e. The SMILES string of the molecule is CCC1CCCC(NCc2cn3ccsc3n2)C1. The average molecular weight is 263 g/mol. The molecule has 3 rings (SSSR count). The van der Waals surface area contributed by atoms with Crippen LogP contribution in [0.5, 0.6) is 0 Å². The van der Waals surface area contributed by atoms with E-state index in [9.17, 15) is 0 Å². The third-order valence-electron chi connectivity index (χ3n) is 4.08. The van der Waals surface area contributed by atoms with Gasteiger partial charge < -0.3 is 5.32 Å². The first-order valence-electron chi connectivity index (χ1n) is 6.99. The summed E-state index contributed by atoms with van der Waals surface area (Å²) >= 11 is 1.70. The van der Waals surface area contributed by atoms with Crippen LogP contribution >= 0.6 is 11.3 Å². The number of fused-ring (bicyclic) bond motifs is 1. The monoisotopic (exact) mass is 263 g/mol. The molecule has 1 aliphatic rings. The van der Waals surface area contributed by atoms with Crippen molar-refractivity contribution in [3.8, 4) is 0 Å². The Labute approximate surface area is 112 Å². The van der Waals surface area contributed by atoms with E-state index in [1.165, 1.54) is 37.8 Å². The quantitative estimate of drug-likeness (QED) is 0.915. The van der Waals surface area contributed by atoms with E-state index in [0.29, 0.717) is 6.04 Å². The summed E-state index contributed by atoms with van der Waals surface area (Å²) in [6, 6.07) is 0.698. The summed E-state index contributed by atoms with van der Waals surface area (Å²) in [5.74, 6) is 0.932. The number of nitrogens with one attached hydrogen (secondary N) is 1. The third kappa shape index (κ3) is 2.59. The van der Waals surface area contributed by atoms with Gasteiger partial charge in [0.05, 0.1) is 5.69 Å². The standard InChI is InChI=1S/C14H21N3S/c1-2-11-4-3-5-12(8-11)15-9-13-10-17-6-7-18-14(17)16-13/h6-7,10-12,15H,2-5,8-9H2,1H3. The maximum absolute atomic E-state index is 4.62. The molecule has 0 bridgehead atoms. The van der Waals surface area contributed by atoms with E-state index >= 15 is 0 Å². The van der Waals surface area contributed by atoms with Crippen molar-refractivity contribution in [1.82, 2.24) is 14.7 Å². The van der Waals surface area contributed by atoms with Gasteiger partial charge in [-0.3, -0.25) is 4.40 Å². The molecule has 1 fully saturated rings.